The SMILES string of the molecule is CCOC(CNC(=O)OCC1c2ccccc2-c2ccccc21)CC(=O)NC(CC(=O)O)C1CC1. The van der Waals surface area contributed by atoms with Gasteiger partial charge in [-0.05, 0) is 47.9 Å². The Labute approximate surface area is 205 Å². The predicted octanol–water partition coefficient (Wildman–Crippen LogP) is 3.69. The Balaban J connectivity index is 1.27. The second-order valence-electron chi connectivity index (χ2n) is 9.10. The zero-order chi connectivity index (χ0) is 24.8. The van der Waals surface area contributed by atoms with Crippen molar-refractivity contribution in [2.45, 2.75) is 50.7 Å². The van der Waals surface area contributed by atoms with E-state index in [-0.39, 0.29) is 49.8 Å². The molecule has 1 fully saturated rings. The van der Waals surface area contributed by atoms with Crippen LogP contribution in [0, 0.1) is 5.92 Å². The summed E-state index contributed by atoms with van der Waals surface area (Å²) >= 11 is 0. The third-order valence-electron chi connectivity index (χ3n) is 6.57. The highest BCUT2D eigenvalue weighted by Crippen LogP contribution is 2.44. The van der Waals surface area contributed by atoms with Gasteiger partial charge in [-0.2, -0.15) is 0 Å². The van der Waals surface area contributed by atoms with Gasteiger partial charge in [-0.1, -0.05) is 48.5 Å². The van der Waals surface area contributed by atoms with Gasteiger partial charge in [0.15, 0.2) is 0 Å². The molecule has 2 aliphatic rings. The van der Waals surface area contributed by atoms with E-state index < -0.39 is 18.2 Å². The van der Waals surface area contributed by atoms with Gasteiger partial charge in [0.1, 0.15) is 6.61 Å². The van der Waals surface area contributed by atoms with Crippen LogP contribution in [0.1, 0.15) is 49.7 Å². The number of benzene rings is 2. The molecule has 2 unspecified atom stereocenters. The lowest BCUT2D eigenvalue weighted by atomic mass is 9.98. The second kappa shape index (κ2) is 11.4. The van der Waals surface area contributed by atoms with Crippen LogP contribution in [0.5, 0.6) is 0 Å². The maximum Gasteiger partial charge on any atom is 0.407 e. The normalized spacial score (nSPS) is 16.0. The van der Waals surface area contributed by atoms with Crippen LogP contribution in [-0.2, 0) is 19.1 Å². The van der Waals surface area contributed by atoms with Gasteiger partial charge in [-0.25, -0.2) is 4.79 Å². The molecule has 0 bridgehead atoms. The first-order valence-electron chi connectivity index (χ1n) is 12.2. The summed E-state index contributed by atoms with van der Waals surface area (Å²) in [6, 6.07) is 15.9. The van der Waals surface area contributed by atoms with Crippen LogP contribution in [0.25, 0.3) is 11.1 Å². The average Bonchev–Trinajstić information content (AvgIpc) is 3.64. The highest BCUT2D eigenvalue weighted by Gasteiger charge is 2.34. The molecule has 8 heteroatoms. The molecule has 0 spiro atoms. The Kier molecular flexibility index (Phi) is 8.02. The van der Waals surface area contributed by atoms with E-state index in [1.165, 1.54) is 0 Å². The van der Waals surface area contributed by atoms with Crippen molar-refractivity contribution < 1.29 is 29.0 Å². The van der Waals surface area contributed by atoms with Crippen LogP contribution in [-0.4, -0.2) is 55.0 Å². The van der Waals surface area contributed by atoms with Crippen LogP contribution in [0.3, 0.4) is 0 Å². The van der Waals surface area contributed by atoms with Gasteiger partial charge in [0.05, 0.1) is 18.9 Å². The maximum atomic E-state index is 12.5. The van der Waals surface area contributed by atoms with E-state index in [4.69, 9.17) is 14.6 Å². The van der Waals surface area contributed by atoms with E-state index in [2.05, 4.69) is 34.9 Å². The van der Waals surface area contributed by atoms with E-state index in [0.29, 0.717) is 6.61 Å². The largest absolute Gasteiger partial charge is 0.481 e. The molecular weight excluding hydrogens is 448 g/mol. The molecule has 0 heterocycles. The molecule has 3 N–H and O–H groups in total. The first-order chi connectivity index (χ1) is 17.0. The summed E-state index contributed by atoms with van der Waals surface area (Å²) in [6.07, 6.45) is 0.685. The number of carboxylic acid groups (broad SMARTS) is 1. The first-order valence-corrected chi connectivity index (χ1v) is 12.2. The smallest absolute Gasteiger partial charge is 0.407 e. The zero-order valence-electron chi connectivity index (χ0n) is 19.9. The molecule has 2 aliphatic carbocycles. The van der Waals surface area contributed by atoms with Crippen molar-refractivity contribution in [3.63, 3.8) is 0 Å². The Morgan fingerprint density at radius 3 is 2.20 bits per heavy atom. The number of nitrogens with one attached hydrogen (secondary N) is 2. The topological polar surface area (TPSA) is 114 Å². The molecule has 35 heavy (non-hydrogen) atoms. The fraction of sp³-hybridized carbons (Fsp3) is 0.444. The van der Waals surface area contributed by atoms with Crippen molar-refractivity contribution in [1.29, 1.82) is 0 Å². The lowest BCUT2D eigenvalue weighted by Gasteiger charge is -2.21. The van der Waals surface area contributed by atoms with Crippen molar-refractivity contribution >= 4 is 18.0 Å². The van der Waals surface area contributed by atoms with Crippen molar-refractivity contribution in [2.75, 3.05) is 19.8 Å². The predicted molar refractivity (Wildman–Crippen MR) is 130 cm³/mol. The third-order valence-corrected chi connectivity index (χ3v) is 6.57. The lowest BCUT2D eigenvalue weighted by molar-refractivity contribution is -0.138. The van der Waals surface area contributed by atoms with Gasteiger partial charge in [0.2, 0.25) is 5.91 Å². The van der Waals surface area contributed by atoms with Crippen molar-refractivity contribution in [3.8, 4) is 11.1 Å². The zero-order valence-corrected chi connectivity index (χ0v) is 19.9. The number of carbonyl (C=O) groups excluding carboxylic acids is 2. The van der Waals surface area contributed by atoms with Crippen molar-refractivity contribution in [2.24, 2.45) is 5.92 Å². The summed E-state index contributed by atoms with van der Waals surface area (Å²) < 4.78 is 11.2. The van der Waals surface area contributed by atoms with E-state index in [0.717, 1.165) is 35.1 Å². The summed E-state index contributed by atoms with van der Waals surface area (Å²) in [5.41, 5.74) is 4.59. The van der Waals surface area contributed by atoms with Crippen LogP contribution in [0.2, 0.25) is 0 Å². The minimum absolute atomic E-state index is 0.0281. The second-order valence-corrected chi connectivity index (χ2v) is 9.10. The van der Waals surface area contributed by atoms with Gasteiger partial charge >= 0.3 is 12.1 Å². The van der Waals surface area contributed by atoms with E-state index in [1.54, 1.807) is 0 Å². The number of amides is 2. The van der Waals surface area contributed by atoms with Crippen LogP contribution in [0.4, 0.5) is 4.79 Å². The van der Waals surface area contributed by atoms with E-state index >= 15 is 0 Å². The van der Waals surface area contributed by atoms with Gasteiger partial charge in [-0.3, -0.25) is 9.59 Å². The molecule has 0 saturated heterocycles. The summed E-state index contributed by atoms with van der Waals surface area (Å²) in [7, 11) is 0. The minimum atomic E-state index is -0.930. The molecule has 4 rings (SSSR count). The van der Waals surface area contributed by atoms with Gasteiger partial charge in [-0.15, -0.1) is 0 Å². The van der Waals surface area contributed by atoms with Gasteiger partial charge < -0.3 is 25.2 Å². The number of carbonyl (C=O) groups is 3. The summed E-state index contributed by atoms with van der Waals surface area (Å²) in [4.78, 5) is 36.0. The minimum Gasteiger partial charge on any atom is -0.481 e. The number of hydrogen-bond donors (Lipinski definition) is 3. The molecule has 0 radical (unpaired) electrons. The highest BCUT2D eigenvalue weighted by atomic mass is 16.5. The van der Waals surface area contributed by atoms with Crippen LogP contribution >= 0.6 is 0 Å². The summed E-state index contributed by atoms with van der Waals surface area (Å²) in [6.45, 7) is 2.52. The Morgan fingerprint density at radius 1 is 1.00 bits per heavy atom. The summed E-state index contributed by atoms with van der Waals surface area (Å²) in [5, 5.41) is 14.6. The molecule has 2 aromatic carbocycles. The molecule has 2 atom stereocenters. The third kappa shape index (κ3) is 6.39. The average molecular weight is 481 g/mol. The number of hydrogen-bond acceptors (Lipinski definition) is 5. The lowest BCUT2D eigenvalue weighted by Crippen LogP contribution is -2.42. The van der Waals surface area contributed by atoms with E-state index in [9.17, 15) is 14.4 Å². The van der Waals surface area contributed by atoms with Crippen molar-refractivity contribution in [3.05, 3.63) is 59.7 Å². The number of carboxylic acids is 1. The Morgan fingerprint density at radius 2 is 1.63 bits per heavy atom. The fourth-order valence-electron chi connectivity index (χ4n) is 4.77. The maximum absolute atomic E-state index is 12.5. The Bertz CT molecular complexity index is 1020. The van der Waals surface area contributed by atoms with Crippen molar-refractivity contribution in [1.82, 2.24) is 10.6 Å². The summed E-state index contributed by atoms with van der Waals surface area (Å²) in [5.74, 6) is -1.02. The monoisotopic (exact) mass is 480 g/mol. The number of aliphatic carboxylic acids is 1. The molecule has 8 nitrogen and oxygen atoms in total. The number of ether oxygens (including phenoxy) is 2. The fourth-order valence-corrected chi connectivity index (χ4v) is 4.77. The molecule has 1 saturated carbocycles. The molecule has 186 valence electrons. The standard InChI is InChI=1S/C27H32N2O6/c1-2-34-18(13-25(30)29-24(14-26(31)32)17-11-12-17)15-28-27(33)35-16-23-21-9-5-3-7-19(21)20-8-4-6-10-22(20)23/h3-10,17-18,23-24H,2,11-16H2,1H3,(H,28,33)(H,29,30)(H,31,32). The van der Waals surface area contributed by atoms with Crippen LogP contribution in [0.15, 0.2) is 48.5 Å². The highest BCUT2D eigenvalue weighted by molar-refractivity contribution is 5.79. The molecule has 0 aromatic heterocycles. The van der Waals surface area contributed by atoms with Gasteiger partial charge in [0.25, 0.3) is 0 Å². The molecule has 2 aromatic rings. The van der Waals surface area contributed by atoms with Crippen LogP contribution < -0.4 is 10.6 Å². The number of rotatable bonds is 12. The molecule has 0 aliphatic heterocycles. The van der Waals surface area contributed by atoms with E-state index in [1.807, 2.05) is 31.2 Å². The molecular formula is C27H32N2O6. The molecule has 2 amide bonds. The Hall–Kier alpha value is -3.39. The quantitative estimate of drug-likeness (QED) is 0.427. The number of alkyl carbamates (subject to hydrolysis) is 1. The number of fused-ring (bicyclic) bond motifs is 3. The van der Waals surface area contributed by atoms with Gasteiger partial charge in [0, 0.05) is 25.1 Å². The first kappa shape index (κ1) is 24.7.